The van der Waals surface area contributed by atoms with Crippen molar-refractivity contribution in [3.8, 4) is 5.75 Å². The summed E-state index contributed by atoms with van der Waals surface area (Å²) in [6, 6.07) is 15.3. The second kappa shape index (κ2) is 8.41. The van der Waals surface area contributed by atoms with E-state index in [0.717, 1.165) is 42.1 Å². The number of rotatable bonds is 5. The molecule has 1 N–H and O–H groups in total. The van der Waals surface area contributed by atoms with Crippen LogP contribution in [0.3, 0.4) is 0 Å². The maximum atomic E-state index is 13.9. The van der Waals surface area contributed by atoms with E-state index in [0.29, 0.717) is 23.0 Å². The third-order valence-corrected chi connectivity index (χ3v) is 7.47. The molecule has 5 rings (SSSR count). The lowest BCUT2D eigenvalue weighted by Crippen LogP contribution is -2.64. The van der Waals surface area contributed by atoms with Crippen LogP contribution in [0, 0.1) is 0 Å². The minimum atomic E-state index is -1.07. The van der Waals surface area contributed by atoms with E-state index < -0.39 is 5.54 Å². The van der Waals surface area contributed by atoms with Crippen LogP contribution >= 0.6 is 11.6 Å². The molecule has 2 aromatic carbocycles. The SMILES string of the molecule is COc1ccc2cc3n(c2c1)CC(C)(C(=O)NC1CCCC1)N(Cc1ccccc1Cl)C3=O. The van der Waals surface area contributed by atoms with Crippen LogP contribution in [0.2, 0.25) is 5.02 Å². The van der Waals surface area contributed by atoms with Gasteiger partial charge >= 0.3 is 0 Å². The van der Waals surface area contributed by atoms with Crippen molar-refractivity contribution in [1.82, 2.24) is 14.8 Å². The number of nitrogens with one attached hydrogen (secondary N) is 1. The quantitative estimate of drug-likeness (QED) is 0.590. The first-order valence-corrected chi connectivity index (χ1v) is 11.8. The number of hydrogen-bond acceptors (Lipinski definition) is 3. The number of amides is 2. The average Bonchev–Trinajstić information content (AvgIpc) is 3.45. The summed E-state index contributed by atoms with van der Waals surface area (Å²) in [4.78, 5) is 29.3. The Balaban J connectivity index is 1.60. The molecule has 0 bridgehead atoms. The zero-order valence-electron chi connectivity index (χ0n) is 18.9. The number of aromatic nitrogens is 1. The topological polar surface area (TPSA) is 63.6 Å². The van der Waals surface area contributed by atoms with Crippen LogP contribution in [0.15, 0.2) is 48.5 Å². The smallest absolute Gasteiger partial charge is 0.271 e. The Morgan fingerprint density at radius 3 is 2.67 bits per heavy atom. The summed E-state index contributed by atoms with van der Waals surface area (Å²) < 4.78 is 7.36. The van der Waals surface area contributed by atoms with E-state index in [1.54, 1.807) is 12.0 Å². The lowest BCUT2D eigenvalue weighted by molar-refractivity contribution is -0.133. The number of hydrogen-bond donors (Lipinski definition) is 1. The molecule has 33 heavy (non-hydrogen) atoms. The fourth-order valence-corrected chi connectivity index (χ4v) is 5.31. The molecule has 2 aliphatic rings. The predicted octanol–water partition coefficient (Wildman–Crippen LogP) is 4.78. The molecule has 0 spiro atoms. The van der Waals surface area contributed by atoms with Crippen molar-refractivity contribution in [3.05, 3.63) is 64.8 Å². The van der Waals surface area contributed by atoms with Crippen LogP contribution < -0.4 is 10.1 Å². The molecule has 1 fully saturated rings. The van der Waals surface area contributed by atoms with E-state index in [1.165, 1.54) is 0 Å². The second-order valence-corrected chi connectivity index (χ2v) is 9.66. The summed E-state index contributed by atoms with van der Waals surface area (Å²) in [5.74, 6) is 0.414. The first kappa shape index (κ1) is 21.8. The number of methoxy groups -OCH3 is 1. The maximum absolute atomic E-state index is 13.9. The van der Waals surface area contributed by atoms with Gasteiger partial charge in [0.2, 0.25) is 5.91 Å². The van der Waals surface area contributed by atoms with Gasteiger partial charge in [0.05, 0.1) is 19.2 Å². The van der Waals surface area contributed by atoms with Gasteiger partial charge in [-0.2, -0.15) is 0 Å². The second-order valence-electron chi connectivity index (χ2n) is 9.25. The zero-order valence-corrected chi connectivity index (χ0v) is 19.7. The van der Waals surface area contributed by atoms with Crippen molar-refractivity contribution in [2.24, 2.45) is 0 Å². The number of halogens is 1. The Bertz CT molecular complexity index is 1230. The van der Waals surface area contributed by atoms with Crippen molar-refractivity contribution in [1.29, 1.82) is 0 Å². The van der Waals surface area contributed by atoms with E-state index in [2.05, 4.69) is 5.32 Å². The zero-order chi connectivity index (χ0) is 23.2. The number of ether oxygens (including phenoxy) is 1. The highest BCUT2D eigenvalue weighted by Gasteiger charge is 2.48. The molecule has 2 amide bonds. The standard InChI is InChI=1S/C26H28ClN3O3/c1-26(25(32)28-19-8-4-5-9-19)16-29-22-14-20(33-2)12-11-17(22)13-23(29)24(31)30(26)15-18-7-3-6-10-21(18)27/h3,6-7,10-14,19H,4-5,8-9,15-16H2,1-2H3,(H,28,32). The highest BCUT2D eigenvalue weighted by Crippen LogP contribution is 2.36. The Morgan fingerprint density at radius 2 is 1.94 bits per heavy atom. The van der Waals surface area contributed by atoms with Gasteiger partial charge in [-0.15, -0.1) is 0 Å². The summed E-state index contributed by atoms with van der Waals surface area (Å²) in [7, 11) is 1.62. The Morgan fingerprint density at radius 1 is 1.18 bits per heavy atom. The highest BCUT2D eigenvalue weighted by atomic mass is 35.5. The van der Waals surface area contributed by atoms with Crippen LogP contribution in [0.5, 0.6) is 5.75 Å². The lowest BCUT2D eigenvalue weighted by atomic mass is 9.93. The molecule has 1 aliphatic carbocycles. The van der Waals surface area contributed by atoms with Gasteiger partial charge < -0.3 is 19.5 Å². The normalized spacial score (nSPS) is 20.8. The fraction of sp³-hybridized carbons (Fsp3) is 0.385. The van der Waals surface area contributed by atoms with Crippen LogP contribution in [0.1, 0.15) is 48.7 Å². The van der Waals surface area contributed by atoms with Crippen LogP contribution in [0.4, 0.5) is 0 Å². The molecular weight excluding hydrogens is 438 g/mol. The van der Waals surface area contributed by atoms with Crippen molar-refractivity contribution >= 4 is 34.3 Å². The third kappa shape index (κ3) is 3.76. The Labute approximate surface area is 198 Å². The minimum Gasteiger partial charge on any atom is -0.497 e. The van der Waals surface area contributed by atoms with Gasteiger partial charge in [0.1, 0.15) is 17.0 Å². The van der Waals surface area contributed by atoms with Gasteiger partial charge in [-0.1, -0.05) is 42.6 Å². The van der Waals surface area contributed by atoms with Crippen LogP contribution in [-0.4, -0.2) is 40.0 Å². The van der Waals surface area contributed by atoms with E-state index >= 15 is 0 Å². The summed E-state index contributed by atoms with van der Waals surface area (Å²) in [5.41, 5.74) is 1.20. The number of nitrogens with zero attached hydrogens (tertiary/aromatic N) is 2. The number of fused-ring (bicyclic) bond motifs is 3. The largest absolute Gasteiger partial charge is 0.497 e. The van der Waals surface area contributed by atoms with Gasteiger partial charge in [-0.25, -0.2) is 0 Å². The van der Waals surface area contributed by atoms with Crippen molar-refractivity contribution in [3.63, 3.8) is 0 Å². The molecule has 0 saturated heterocycles. The molecule has 1 unspecified atom stereocenters. The van der Waals surface area contributed by atoms with Crippen molar-refractivity contribution in [2.75, 3.05) is 7.11 Å². The molecular formula is C26H28ClN3O3. The fourth-order valence-electron chi connectivity index (χ4n) is 5.11. The van der Waals surface area contributed by atoms with Gasteiger partial charge in [0, 0.05) is 29.1 Å². The Hall–Kier alpha value is -2.99. The summed E-state index contributed by atoms with van der Waals surface area (Å²) in [5, 5.41) is 4.75. The summed E-state index contributed by atoms with van der Waals surface area (Å²) >= 11 is 6.44. The third-order valence-electron chi connectivity index (χ3n) is 7.10. The molecule has 1 aromatic heterocycles. The van der Waals surface area contributed by atoms with Crippen molar-refractivity contribution in [2.45, 2.75) is 57.3 Å². The minimum absolute atomic E-state index is 0.120. The van der Waals surface area contributed by atoms with E-state index in [4.69, 9.17) is 16.3 Å². The molecule has 1 atom stereocenters. The van der Waals surface area contributed by atoms with Gasteiger partial charge in [-0.3, -0.25) is 9.59 Å². The first-order valence-electron chi connectivity index (χ1n) is 11.4. The Kier molecular flexibility index (Phi) is 5.57. The van der Waals surface area contributed by atoms with Crippen LogP contribution in [0.25, 0.3) is 10.9 Å². The van der Waals surface area contributed by atoms with Gasteiger partial charge in [0.15, 0.2) is 0 Å². The lowest BCUT2D eigenvalue weighted by Gasteiger charge is -2.44. The predicted molar refractivity (Wildman–Crippen MR) is 129 cm³/mol. The molecule has 3 aromatic rings. The summed E-state index contributed by atoms with van der Waals surface area (Å²) in [6.07, 6.45) is 4.20. The highest BCUT2D eigenvalue weighted by molar-refractivity contribution is 6.31. The molecule has 1 aliphatic heterocycles. The van der Waals surface area contributed by atoms with E-state index in [1.807, 2.05) is 60.0 Å². The maximum Gasteiger partial charge on any atom is 0.271 e. The van der Waals surface area contributed by atoms with Crippen molar-refractivity contribution < 1.29 is 14.3 Å². The monoisotopic (exact) mass is 465 g/mol. The molecule has 0 radical (unpaired) electrons. The van der Waals surface area contributed by atoms with Gasteiger partial charge in [-0.05, 0) is 49.6 Å². The molecule has 6 nitrogen and oxygen atoms in total. The number of benzene rings is 2. The molecule has 7 heteroatoms. The van der Waals surface area contributed by atoms with Crippen LogP contribution in [-0.2, 0) is 17.9 Å². The average molecular weight is 466 g/mol. The molecule has 1 saturated carbocycles. The molecule has 2 heterocycles. The van der Waals surface area contributed by atoms with E-state index in [9.17, 15) is 9.59 Å². The first-order chi connectivity index (χ1) is 15.9. The molecule has 172 valence electrons. The number of carbonyl (C=O) groups excluding carboxylic acids is 2. The number of carbonyl (C=O) groups is 2. The van der Waals surface area contributed by atoms with E-state index in [-0.39, 0.29) is 24.4 Å². The van der Waals surface area contributed by atoms with Gasteiger partial charge in [0.25, 0.3) is 5.91 Å². The summed E-state index contributed by atoms with van der Waals surface area (Å²) in [6.45, 7) is 2.48.